The highest BCUT2D eigenvalue weighted by Crippen LogP contribution is 2.47. The van der Waals surface area contributed by atoms with E-state index < -0.39 is 17.5 Å². The van der Waals surface area contributed by atoms with Crippen molar-refractivity contribution in [2.45, 2.75) is 25.6 Å². The zero-order valence-electron chi connectivity index (χ0n) is 16.4. The van der Waals surface area contributed by atoms with E-state index in [-0.39, 0.29) is 11.1 Å². The predicted octanol–water partition coefficient (Wildman–Crippen LogP) is 3.57. The number of nitrogens with two attached hydrogens (primary N) is 1. The quantitative estimate of drug-likeness (QED) is 0.577. The Morgan fingerprint density at radius 3 is 2.73 bits per heavy atom. The molecule has 1 aromatic carbocycles. The molecule has 1 amide bonds. The Morgan fingerprint density at radius 2 is 2.03 bits per heavy atom. The van der Waals surface area contributed by atoms with Gasteiger partial charge in [-0.05, 0) is 36.6 Å². The number of hydrogen-bond donors (Lipinski definition) is 3. The molecule has 30 heavy (non-hydrogen) atoms. The van der Waals surface area contributed by atoms with Crippen molar-refractivity contribution in [2.24, 2.45) is 11.7 Å². The molecule has 0 saturated heterocycles. The summed E-state index contributed by atoms with van der Waals surface area (Å²) in [5.74, 6) is -1.53. The van der Waals surface area contributed by atoms with Crippen LogP contribution in [0.2, 0.25) is 0 Å². The molecule has 1 aliphatic rings. The van der Waals surface area contributed by atoms with E-state index in [0.29, 0.717) is 33.7 Å². The van der Waals surface area contributed by atoms with E-state index in [0.717, 1.165) is 0 Å². The largest absolute Gasteiger partial charge is 0.369 e. The molecule has 3 atom stereocenters. The van der Waals surface area contributed by atoms with Gasteiger partial charge in [-0.15, -0.1) is 0 Å². The van der Waals surface area contributed by atoms with Gasteiger partial charge < -0.3 is 16.0 Å². The lowest BCUT2D eigenvalue weighted by Crippen LogP contribution is -2.44. The van der Waals surface area contributed by atoms with E-state index in [1.807, 2.05) is 37.3 Å². The monoisotopic (exact) mass is 426 g/mol. The minimum Gasteiger partial charge on any atom is -0.369 e. The number of hydrogen-bond acceptors (Lipinski definition) is 5. The van der Waals surface area contributed by atoms with Crippen molar-refractivity contribution < 1.29 is 9.18 Å². The number of aromatic amines is 1. The highest BCUT2D eigenvalue weighted by atomic mass is 35.5. The number of anilines is 1. The van der Waals surface area contributed by atoms with Crippen LogP contribution in [0.4, 0.5) is 10.2 Å². The Morgan fingerprint density at radius 1 is 1.30 bits per heavy atom. The molecule has 0 radical (unpaired) electrons. The molecule has 0 aliphatic heterocycles. The molecule has 4 rings (SSSR count). The van der Waals surface area contributed by atoms with Gasteiger partial charge in [0.1, 0.15) is 17.8 Å². The van der Waals surface area contributed by atoms with Gasteiger partial charge in [0.15, 0.2) is 17.1 Å². The minimum absolute atomic E-state index is 0.0813. The molecule has 3 unspecified atom stereocenters. The molecule has 4 N–H and O–H groups in total. The lowest BCUT2D eigenvalue weighted by molar-refractivity contribution is -0.122. The van der Waals surface area contributed by atoms with Crippen molar-refractivity contribution >= 4 is 40.1 Å². The summed E-state index contributed by atoms with van der Waals surface area (Å²) < 4.78 is 15.6. The number of H-pyrrole nitrogens is 1. The van der Waals surface area contributed by atoms with E-state index in [1.165, 1.54) is 19.6 Å². The number of aromatic nitrogens is 4. The molecular formula is C21H20ClFN6O. The average molecular weight is 427 g/mol. The van der Waals surface area contributed by atoms with Crippen molar-refractivity contribution in [2.75, 3.05) is 5.32 Å². The summed E-state index contributed by atoms with van der Waals surface area (Å²) in [6.45, 7) is 3.15. The molecule has 0 spiro atoms. The molecule has 9 heteroatoms. The number of nitrogens with one attached hydrogen (secondary N) is 2. The van der Waals surface area contributed by atoms with Crippen LogP contribution in [0.25, 0.3) is 16.7 Å². The van der Waals surface area contributed by atoms with Gasteiger partial charge in [0.2, 0.25) is 5.91 Å². The van der Waals surface area contributed by atoms with Gasteiger partial charge in [-0.25, -0.2) is 19.3 Å². The highest BCUT2D eigenvalue weighted by Gasteiger charge is 2.47. The standard InChI is InChI=1S/C21H20ClFN6O/c1-11(29-20-17-19(26-9-25-17)27-10-28-20)13-8-14(22)21(2,23)16(18(24)30)15(13)12-6-4-3-5-7-12/h3-11,16H,1-2H3,(H2,24,30)(H2,25,26,27,28,29). The summed E-state index contributed by atoms with van der Waals surface area (Å²) in [5, 5.41) is 3.20. The molecule has 2 heterocycles. The van der Waals surface area contributed by atoms with Crippen LogP contribution >= 0.6 is 11.6 Å². The van der Waals surface area contributed by atoms with Crippen molar-refractivity contribution in [1.82, 2.24) is 19.9 Å². The van der Waals surface area contributed by atoms with Crippen molar-refractivity contribution in [3.63, 3.8) is 0 Å². The van der Waals surface area contributed by atoms with E-state index in [2.05, 4.69) is 25.3 Å². The minimum atomic E-state index is -2.12. The molecule has 1 aliphatic carbocycles. The maximum atomic E-state index is 15.6. The number of carbonyl (C=O) groups is 1. The Balaban J connectivity index is 1.86. The van der Waals surface area contributed by atoms with E-state index in [1.54, 1.807) is 6.08 Å². The first-order chi connectivity index (χ1) is 14.3. The summed E-state index contributed by atoms with van der Waals surface area (Å²) >= 11 is 6.29. The topological polar surface area (TPSA) is 110 Å². The first-order valence-corrected chi connectivity index (χ1v) is 9.74. The van der Waals surface area contributed by atoms with Crippen LogP contribution in [0.1, 0.15) is 19.4 Å². The third kappa shape index (κ3) is 3.33. The summed E-state index contributed by atoms with van der Waals surface area (Å²) in [5.41, 5.74) is 6.52. The molecule has 154 valence electrons. The van der Waals surface area contributed by atoms with Gasteiger partial charge in [0, 0.05) is 0 Å². The van der Waals surface area contributed by atoms with Gasteiger partial charge in [-0.2, -0.15) is 0 Å². The number of nitrogens with zero attached hydrogens (tertiary/aromatic N) is 3. The van der Waals surface area contributed by atoms with Gasteiger partial charge >= 0.3 is 0 Å². The molecule has 0 saturated carbocycles. The third-order valence-corrected chi connectivity index (χ3v) is 5.78. The maximum Gasteiger partial charge on any atom is 0.228 e. The lowest BCUT2D eigenvalue weighted by Gasteiger charge is -2.36. The summed E-state index contributed by atoms with van der Waals surface area (Å²) in [6, 6.07) is 8.74. The van der Waals surface area contributed by atoms with E-state index in [4.69, 9.17) is 17.3 Å². The van der Waals surface area contributed by atoms with Gasteiger partial charge in [0.25, 0.3) is 0 Å². The first-order valence-electron chi connectivity index (χ1n) is 9.36. The number of fused-ring (bicyclic) bond motifs is 1. The van der Waals surface area contributed by atoms with Crippen molar-refractivity contribution in [3.8, 4) is 0 Å². The fourth-order valence-electron chi connectivity index (χ4n) is 3.80. The molecular weight excluding hydrogens is 407 g/mol. The molecule has 7 nitrogen and oxygen atoms in total. The second-order valence-electron chi connectivity index (χ2n) is 7.33. The number of halogens is 2. The third-order valence-electron chi connectivity index (χ3n) is 5.30. The second-order valence-corrected chi connectivity index (χ2v) is 7.73. The fourth-order valence-corrected chi connectivity index (χ4v) is 4.03. The zero-order valence-corrected chi connectivity index (χ0v) is 17.1. The van der Waals surface area contributed by atoms with Crippen molar-refractivity contribution in [1.29, 1.82) is 0 Å². The number of rotatable bonds is 5. The highest BCUT2D eigenvalue weighted by molar-refractivity contribution is 6.31. The lowest BCUT2D eigenvalue weighted by atomic mass is 9.73. The molecule has 0 bridgehead atoms. The fraction of sp³-hybridized carbons (Fsp3) is 0.238. The van der Waals surface area contributed by atoms with Crippen LogP contribution in [-0.2, 0) is 4.79 Å². The average Bonchev–Trinajstić information content (AvgIpc) is 3.19. The number of allylic oxidation sites excluding steroid dienone is 1. The zero-order chi connectivity index (χ0) is 21.5. The Labute approximate surface area is 177 Å². The smallest absolute Gasteiger partial charge is 0.228 e. The van der Waals surface area contributed by atoms with Gasteiger partial charge in [-0.3, -0.25) is 4.79 Å². The number of imidazole rings is 1. The van der Waals surface area contributed by atoms with Crippen LogP contribution < -0.4 is 11.1 Å². The van der Waals surface area contributed by atoms with Crippen LogP contribution in [0, 0.1) is 5.92 Å². The van der Waals surface area contributed by atoms with Gasteiger partial charge in [0.05, 0.1) is 17.4 Å². The van der Waals surface area contributed by atoms with Crippen LogP contribution in [-0.4, -0.2) is 37.6 Å². The summed E-state index contributed by atoms with van der Waals surface area (Å²) in [6.07, 6.45) is 4.50. The Bertz CT molecular complexity index is 1170. The van der Waals surface area contributed by atoms with Crippen LogP contribution in [0.3, 0.4) is 0 Å². The number of amides is 1. The predicted molar refractivity (Wildman–Crippen MR) is 114 cm³/mol. The van der Waals surface area contributed by atoms with E-state index in [9.17, 15) is 4.79 Å². The molecule has 0 fully saturated rings. The van der Waals surface area contributed by atoms with Gasteiger partial charge in [-0.1, -0.05) is 41.9 Å². The number of benzene rings is 1. The SMILES string of the molecule is CC(Nc1ncnc2[nH]cnc12)C1=C(c2ccccc2)C(C(N)=O)C(C)(F)C(Cl)=C1. The van der Waals surface area contributed by atoms with Crippen LogP contribution in [0.15, 0.2) is 59.7 Å². The first kappa shape index (κ1) is 20.0. The normalized spacial score (nSPS) is 22.7. The molecule has 2 aromatic heterocycles. The Hall–Kier alpha value is -3.26. The summed E-state index contributed by atoms with van der Waals surface area (Å²) in [4.78, 5) is 27.9. The van der Waals surface area contributed by atoms with Crippen molar-refractivity contribution in [3.05, 3.63) is 65.2 Å². The van der Waals surface area contributed by atoms with E-state index >= 15 is 4.39 Å². The maximum absolute atomic E-state index is 15.6. The second kappa shape index (κ2) is 7.53. The van der Waals surface area contributed by atoms with Crippen LogP contribution in [0.5, 0.6) is 0 Å². The number of alkyl halides is 1. The number of carbonyl (C=O) groups excluding carboxylic acids is 1. The molecule has 3 aromatic rings. The Kier molecular flexibility index (Phi) is 5.03. The number of primary amides is 1. The summed E-state index contributed by atoms with van der Waals surface area (Å²) in [7, 11) is 0.